The first kappa shape index (κ1) is 12.3. The summed E-state index contributed by atoms with van der Waals surface area (Å²) in [6, 6.07) is 10.3. The molecule has 1 rings (SSSR count). The number of benzene rings is 1. The topological polar surface area (TPSA) is 81.2 Å². The van der Waals surface area contributed by atoms with Crippen LogP contribution in [0, 0.1) is 22.7 Å². The lowest BCUT2D eigenvalue weighted by Gasteiger charge is -2.05. The summed E-state index contributed by atoms with van der Waals surface area (Å²) >= 11 is 0. The molecule has 0 amide bonds. The van der Waals surface area contributed by atoms with Gasteiger partial charge in [-0.3, -0.25) is 5.43 Å². The Kier molecular flexibility index (Phi) is 4.80. The highest BCUT2D eigenvalue weighted by atomic mass is 16.5. The number of nitriles is 2. The van der Waals surface area contributed by atoms with Crippen LogP contribution < -0.4 is 10.2 Å². The summed E-state index contributed by atoms with van der Waals surface area (Å²) in [6.07, 6.45) is 1.64. The Morgan fingerprint density at radius 2 is 2.24 bits per heavy atom. The molecule has 5 heteroatoms. The maximum absolute atomic E-state index is 8.50. The SMILES string of the molecule is C=CCOc1cccc(NN=C(C#N)C#N)c1. The second kappa shape index (κ2) is 6.65. The van der Waals surface area contributed by atoms with Crippen molar-refractivity contribution in [2.75, 3.05) is 12.0 Å². The van der Waals surface area contributed by atoms with Gasteiger partial charge in [0.1, 0.15) is 24.5 Å². The second-order valence-electron chi connectivity index (χ2n) is 2.92. The van der Waals surface area contributed by atoms with Crippen LogP contribution >= 0.6 is 0 Å². The Balaban J connectivity index is 2.73. The number of ether oxygens (including phenoxy) is 1. The molecular weight excluding hydrogens is 216 g/mol. The molecule has 0 radical (unpaired) electrons. The molecule has 0 heterocycles. The maximum atomic E-state index is 8.50. The summed E-state index contributed by atoms with van der Waals surface area (Å²) in [5, 5.41) is 20.6. The van der Waals surface area contributed by atoms with Crippen molar-refractivity contribution in [3.05, 3.63) is 36.9 Å². The van der Waals surface area contributed by atoms with Gasteiger partial charge in [0.05, 0.1) is 5.69 Å². The smallest absolute Gasteiger partial charge is 0.237 e. The number of nitrogens with zero attached hydrogens (tertiary/aromatic N) is 3. The zero-order valence-electron chi connectivity index (χ0n) is 9.05. The van der Waals surface area contributed by atoms with Gasteiger partial charge in [0, 0.05) is 6.07 Å². The molecule has 0 fully saturated rings. The van der Waals surface area contributed by atoms with E-state index < -0.39 is 0 Å². The van der Waals surface area contributed by atoms with E-state index in [0.717, 1.165) is 0 Å². The number of hydrogen-bond acceptors (Lipinski definition) is 5. The first-order valence-corrected chi connectivity index (χ1v) is 4.78. The third kappa shape index (κ3) is 4.06. The summed E-state index contributed by atoms with van der Waals surface area (Å²) < 4.78 is 5.32. The third-order valence-electron chi connectivity index (χ3n) is 1.71. The molecule has 0 saturated carbocycles. The van der Waals surface area contributed by atoms with Crippen LogP contribution in [-0.2, 0) is 0 Å². The van der Waals surface area contributed by atoms with E-state index in [-0.39, 0.29) is 5.71 Å². The molecule has 17 heavy (non-hydrogen) atoms. The van der Waals surface area contributed by atoms with E-state index in [4.69, 9.17) is 15.3 Å². The molecule has 0 aliphatic carbocycles. The number of anilines is 1. The highest BCUT2D eigenvalue weighted by molar-refractivity contribution is 6.10. The highest BCUT2D eigenvalue weighted by Gasteiger charge is 1.96. The minimum absolute atomic E-state index is 0.234. The van der Waals surface area contributed by atoms with Gasteiger partial charge in [-0.15, -0.1) is 0 Å². The maximum Gasteiger partial charge on any atom is 0.237 e. The van der Waals surface area contributed by atoms with E-state index in [2.05, 4.69) is 17.1 Å². The molecule has 0 aliphatic rings. The van der Waals surface area contributed by atoms with Gasteiger partial charge in [0.25, 0.3) is 0 Å². The zero-order chi connectivity index (χ0) is 12.5. The Labute approximate surface area is 99.2 Å². The predicted molar refractivity (Wildman–Crippen MR) is 64.4 cm³/mol. The van der Waals surface area contributed by atoms with Gasteiger partial charge in [0.15, 0.2) is 0 Å². The summed E-state index contributed by atoms with van der Waals surface area (Å²) in [7, 11) is 0. The lowest BCUT2D eigenvalue weighted by Crippen LogP contribution is -1.97. The monoisotopic (exact) mass is 226 g/mol. The predicted octanol–water partition coefficient (Wildman–Crippen LogP) is 2.07. The van der Waals surface area contributed by atoms with E-state index in [1.165, 1.54) is 0 Å². The van der Waals surface area contributed by atoms with Crippen molar-refractivity contribution in [1.82, 2.24) is 0 Å². The first-order valence-electron chi connectivity index (χ1n) is 4.78. The molecule has 1 N–H and O–H groups in total. The van der Waals surface area contributed by atoms with Crippen LogP contribution in [0.4, 0.5) is 5.69 Å². The van der Waals surface area contributed by atoms with Crippen molar-refractivity contribution in [2.45, 2.75) is 0 Å². The minimum atomic E-state index is -0.234. The molecule has 1 aromatic rings. The molecule has 1 aromatic carbocycles. The fraction of sp³-hybridized carbons (Fsp3) is 0.0833. The number of rotatable bonds is 5. The molecule has 84 valence electrons. The molecule has 0 aromatic heterocycles. The van der Waals surface area contributed by atoms with Crippen molar-refractivity contribution in [2.24, 2.45) is 5.10 Å². The van der Waals surface area contributed by atoms with Crippen LogP contribution in [0.2, 0.25) is 0 Å². The van der Waals surface area contributed by atoms with Gasteiger partial charge in [-0.2, -0.15) is 15.6 Å². The van der Waals surface area contributed by atoms with E-state index in [0.29, 0.717) is 18.0 Å². The lowest BCUT2D eigenvalue weighted by atomic mass is 10.3. The summed E-state index contributed by atoms with van der Waals surface area (Å²) in [4.78, 5) is 0. The average molecular weight is 226 g/mol. The van der Waals surface area contributed by atoms with Crippen molar-refractivity contribution >= 4 is 11.4 Å². The molecule has 0 bridgehead atoms. The fourth-order valence-electron chi connectivity index (χ4n) is 1.01. The van der Waals surface area contributed by atoms with Crippen LogP contribution in [0.25, 0.3) is 0 Å². The van der Waals surface area contributed by atoms with Crippen molar-refractivity contribution < 1.29 is 4.74 Å². The van der Waals surface area contributed by atoms with Crippen molar-refractivity contribution in [3.63, 3.8) is 0 Å². The molecule has 0 saturated heterocycles. The van der Waals surface area contributed by atoms with E-state index in [9.17, 15) is 0 Å². The fourth-order valence-corrected chi connectivity index (χ4v) is 1.01. The summed E-state index contributed by atoms with van der Waals surface area (Å²) in [5.41, 5.74) is 3.00. The van der Waals surface area contributed by atoms with Gasteiger partial charge in [-0.1, -0.05) is 18.7 Å². The van der Waals surface area contributed by atoms with Crippen LogP contribution in [0.15, 0.2) is 42.0 Å². The zero-order valence-corrected chi connectivity index (χ0v) is 9.05. The third-order valence-corrected chi connectivity index (χ3v) is 1.71. The van der Waals surface area contributed by atoms with Crippen LogP contribution in [0.1, 0.15) is 0 Å². The van der Waals surface area contributed by atoms with E-state index >= 15 is 0 Å². The molecule has 0 spiro atoms. The Morgan fingerprint density at radius 1 is 1.47 bits per heavy atom. The van der Waals surface area contributed by atoms with Gasteiger partial charge < -0.3 is 4.74 Å². The Bertz CT molecular complexity index is 492. The van der Waals surface area contributed by atoms with E-state index in [1.807, 2.05) is 0 Å². The molecule has 0 aliphatic heterocycles. The van der Waals surface area contributed by atoms with Gasteiger partial charge in [-0.25, -0.2) is 0 Å². The normalized spacial score (nSPS) is 8.35. The van der Waals surface area contributed by atoms with Gasteiger partial charge in [-0.05, 0) is 12.1 Å². The van der Waals surface area contributed by atoms with Crippen LogP contribution in [0.3, 0.4) is 0 Å². The minimum Gasteiger partial charge on any atom is -0.489 e. The van der Waals surface area contributed by atoms with Gasteiger partial charge >= 0.3 is 0 Å². The second-order valence-corrected chi connectivity index (χ2v) is 2.92. The highest BCUT2D eigenvalue weighted by Crippen LogP contribution is 2.17. The van der Waals surface area contributed by atoms with Crippen LogP contribution in [-0.4, -0.2) is 12.3 Å². The summed E-state index contributed by atoms with van der Waals surface area (Å²) in [5.74, 6) is 0.653. The molecule has 5 nitrogen and oxygen atoms in total. The van der Waals surface area contributed by atoms with E-state index in [1.54, 1.807) is 42.5 Å². The number of hydrogen-bond donors (Lipinski definition) is 1. The standard InChI is InChI=1S/C12H10N4O/c1-2-6-17-12-5-3-4-10(7-12)15-16-11(8-13)9-14/h2-5,7,15H,1,6H2. The molecular formula is C12H10N4O. The molecule has 0 unspecified atom stereocenters. The average Bonchev–Trinajstić information content (AvgIpc) is 2.38. The van der Waals surface area contributed by atoms with Gasteiger partial charge in [0.2, 0.25) is 5.71 Å². The lowest BCUT2D eigenvalue weighted by molar-refractivity contribution is 0.363. The Morgan fingerprint density at radius 3 is 2.88 bits per heavy atom. The van der Waals surface area contributed by atoms with Crippen molar-refractivity contribution in [3.8, 4) is 17.9 Å². The number of nitrogens with one attached hydrogen (secondary N) is 1. The summed E-state index contributed by atoms with van der Waals surface area (Å²) in [6.45, 7) is 3.96. The van der Waals surface area contributed by atoms with Crippen LogP contribution in [0.5, 0.6) is 5.75 Å². The Hall–Kier alpha value is -2.79. The quantitative estimate of drug-likeness (QED) is 0.473. The number of hydrazone groups is 1. The largest absolute Gasteiger partial charge is 0.489 e. The molecule has 0 atom stereocenters. The van der Waals surface area contributed by atoms with Crippen molar-refractivity contribution in [1.29, 1.82) is 10.5 Å². The first-order chi connectivity index (χ1) is 8.30.